The Labute approximate surface area is 124 Å². The summed E-state index contributed by atoms with van der Waals surface area (Å²) in [4.78, 5) is 14.6. The number of hydrogen-bond acceptors (Lipinski definition) is 4. The summed E-state index contributed by atoms with van der Waals surface area (Å²) in [6, 6.07) is 1.11. The fraction of sp³-hybridized carbons (Fsp3) is 0.938. The lowest BCUT2D eigenvalue weighted by atomic mass is 9.92. The second-order valence-corrected chi connectivity index (χ2v) is 6.78. The molecule has 0 saturated heterocycles. The zero-order valence-corrected chi connectivity index (χ0v) is 14.0. The summed E-state index contributed by atoms with van der Waals surface area (Å²) in [6.45, 7) is 9.83. The number of esters is 1. The van der Waals surface area contributed by atoms with Gasteiger partial charge in [0.1, 0.15) is 5.54 Å². The van der Waals surface area contributed by atoms with E-state index in [0.29, 0.717) is 6.04 Å². The average Bonchev–Trinajstić information content (AvgIpc) is 3.21. The van der Waals surface area contributed by atoms with Crippen LogP contribution in [0.4, 0.5) is 0 Å². The van der Waals surface area contributed by atoms with E-state index in [2.05, 4.69) is 31.0 Å². The number of hydrogen-bond donors (Lipinski definition) is 1. The SMILES string of the molecule is CNC(C)(CC(C)N(CCC(C)C)C1CC1)C(=O)OC. The Morgan fingerprint density at radius 1 is 1.40 bits per heavy atom. The first kappa shape index (κ1) is 17.4. The Hall–Kier alpha value is -0.610. The maximum atomic E-state index is 12.0. The van der Waals surface area contributed by atoms with Crippen LogP contribution in [0.2, 0.25) is 0 Å². The lowest BCUT2D eigenvalue weighted by Crippen LogP contribution is -2.53. The van der Waals surface area contributed by atoms with Gasteiger partial charge in [0, 0.05) is 12.1 Å². The predicted octanol–water partition coefficient (Wildman–Crippen LogP) is 2.43. The molecule has 0 amide bonds. The molecular weight excluding hydrogens is 252 g/mol. The number of carbonyl (C=O) groups excluding carboxylic acids is 1. The van der Waals surface area contributed by atoms with E-state index >= 15 is 0 Å². The lowest BCUT2D eigenvalue weighted by Gasteiger charge is -2.36. The summed E-state index contributed by atoms with van der Waals surface area (Å²) in [5.41, 5.74) is -0.598. The first-order valence-corrected chi connectivity index (χ1v) is 7.87. The van der Waals surface area contributed by atoms with Gasteiger partial charge in [-0.15, -0.1) is 0 Å². The maximum absolute atomic E-state index is 12.0. The summed E-state index contributed by atoms with van der Waals surface area (Å²) in [5, 5.41) is 3.14. The molecule has 0 aromatic carbocycles. The van der Waals surface area contributed by atoms with E-state index in [0.717, 1.165) is 24.9 Å². The van der Waals surface area contributed by atoms with Gasteiger partial charge in [-0.25, -0.2) is 0 Å². The third-order valence-corrected chi connectivity index (χ3v) is 4.44. The van der Waals surface area contributed by atoms with E-state index < -0.39 is 5.54 Å². The number of rotatable bonds is 9. The van der Waals surface area contributed by atoms with Crippen molar-refractivity contribution in [3.63, 3.8) is 0 Å². The first-order chi connectivity index (χ1) is 9.34. The Morgan fingerprint density at radius 2 is 2.00 bits per heavy atom. The molecule has 118 valence electrons. The van der Waals surface area contributed by atoms with Crippen molar-refractivity contribution in [1.82, 2.24) is 10.2 Å². The van der Waals surface area contributed by atoms with Gasteiger partial charge in [-0.3, -0.25) is 9.69 Å². The lowest BCUT2D eigenvalue weighted by molar-refractivity contribution is -0.148. The van der Waals surface area contributed by atoms with Crippen molar-refractivity contribution in [2.45, 2.75) is 71.0 Å². The number of likely N-dealkylation sites (N-methyl/N-ethyl adjacent to an activating group) is 1. The average molecular weight is 284 g/mol. The molecule has 2 unspecified atom stereocenters. The Kier molecular flexibility index (Phi) is 6.46. The Morgan fingerprint density at radius 3 is 2.40 bits per heavy atom. The van der Waals surface area contributed by atoms with E-state index in [1.165, 1.54) is 26.4 Å². The quantitative estimate of drug-likeness (QED) is 0.660. The number of carbonyl (C=O) groups is 1. The van der Waals surface area contributed by atoms with Gasteiger partial charge in [-0.2, -0.15) is 0 Å². The van der Waals surface area contributed by atoms with E-state index in [-0.39, 0.29) is 5.97 Å². The van der Waals surface area contributed by atoms with Crippen LogP contribution in [0.25, 0.3) is 0 Å². The van der Waals surface area contributed by atoms with Crippen molar-refractivity contribution >= 4 is 5.97 Å². The molecule has 1 aliphatic rings. The molecule has 0 aromatic heterocycles. The van der Waals surface area contributed by atoms with Gasteiger partial charge < -0.3 is 10.1 Å². The fourth-order valence-electron chi connectivity index (χ4n) is 2.80. The molecule has 2 atom stereocenters. The van der Waals surface area contributed by atoms with E-state index in [4.69, 9.17) is 4.74 Å². The highest BCUT2D eigenvalue weighted by Gasteiger charge is 2.39. The number of nitrogens with zero attached hydrogens (tertiary/aromatic N) is 1. The summed E-state index contributed by atoms with van der Waals surface area (Å²) in [7, 11) is 3.29. The van der Waals surface area contributed by atoms with Gasteiger partial charge in [-0.1, -0.05) is 13.8 Å². The topological polar surface area (TPSA) is 41.6 Å². The van der Waals surface area contributed by atoms with Crippen LogP contribution in [-0.4, -0.2) is 49.2 Å². The van der Waals surface area contributed by atoms with Crippen LogP contribution >= 0.6 is 0 Å². The van der Waals surface area contributed by atoms with Crippen molar-refractivity contribution in [2.75, 3.05) is 20.7 Å². The van der Waals surface area contributed by atoms with Gasteiger partial charge in [0.15, 0.2) is 0 Å². The molecule has 1 saturated carbocycles. The first-order valence-electron chi connectivity index (χ1n) is 7.87. The molecular formula is C16H32N2O2. The predicted molar refractivity (Wildman–Crippen MR) is 82.7 cm³/mol. The molecule has 0 spiro atoms. The molecule has 0 heterocycles. The van der Waals surface area contributed by atoms with Gasteiger partial charge in [0.05, 0.1) is 7.11 Å². The van der Waals surface area contributed by atoms with Crippen LogP contribution in [0.1, 0.15) is 53.4 Å². The van der Waals surface area contributed by atoms with Crippen molar-refractivity contribution in [3.05, 3.63) is 0 Å². The zero-order chi connectivity index (χ0) is 15.3. The highest BCUT2D eigenvalue weighted by atomic mass is 16.5. The number of ether oxygens (including phenoxy) is 1. The van der Waals surface area contributed by atoms with Crippen LogP contribution in [0, 0.1) is 5.92 Å². The van der Waals surface area contributed by atoms with Crippen molar-refractivity contribution in [2.24, 2.45) is 5.92 Å². The molecule has 0 aliphatic heterocycles. The van der Waals surface area contributed by atoms with Gasteiger partial charge in [-0.05, 0) is 59.0 Å². The van der Waals surface area contributed by atoms with Crippen LogP contribution < -0.4 is 5.32 Å². The summed E-state index contributed by atoms with van der Waals surface area (Å²) >= 11 is 0. The standard InChI is InChI=1S/C16H32N2O2/c1-12(2)9-10-18(14-7-8-14)13(3)11-16(4,17-5)15(19)20-6/h12-14,17H,7-11H2,1-6H3. The number of nitrogens with one attached hydrogen (secondary N) is 1. The minimum Gasteiger partial charge on any atom is -0.468 e. The summed E-state index contributed by atoms with van der Waals surface area (Å²) in [6.07, 6.45) is 4.61. The van der Waals surface area contributed by atoms with Crippen LogP contribution in [0.3, 0.4) is 0 Å². The van der Waals surface area contributed by atoms with Crippen LogP contribution in [-0.2, 0) is 9.53 Å². The third kappa shape index (κ3) is 4.74. The Bertz CT molecular complexity index is 316. The van der Waals surface area contributed by atoms with Crippen LogP contribution in [0.5, 0.6) is 0 Å². The Balaban J connectivity index is 2.64. The molecule has 1 fully saturated rings. The van der Waals surface area contributed by atoms with E-state index in [1.54, 1.807) is 0 Å². The molecule has 20 heavy (non-hydrogen) atoms. The molecule has 4 heteroatoms. The summed E-state index contributed by atoms with van der Waals surface area (Å²) < 4.78 is 4.94. The third-order valence-electron chi connectivity index (χ3n) is 4.44. The minimum atomic E-state index is -0.598. The molecule has 4 nitrogen and oxygen atoms in total. The van der Waals surface area contributed by atoms with Gasteiger partial charge in [0.25, 0.3) is 0 Å². The second kappa shape index (κ2) is 7.41. The highest BCUT2D eigenvalue weighted by Crippen LogP contribution is 2.31. The smallest absolute Gasteiger partial charge is 0.325 e. The van der Waals surface area contributed by atoms with Crippen molar-refractivity contribution < 1.29 is 9.53 Å². The maximum Gasteiger partial charge on any atom is 0.325 e. The van der Waals surface area contributed by atoms with Crippen molar-refractivity contribution in [1.29, 1.82) is 0 Å². The minimum absolute atomic E-state index is 0.175. The monoisotopic (exact) mass is 284 g/mol. The molecule has 0 aromatic rings. The van der Waals surface area contributed by atoms with Crippen LogP contribution in [0.15, 0.2) is 0 Å². The van der Waals surface area contributed by atoms with E-state index in [9.17, 15) is 4.79 Å². The largest absolute Gasteiger partial charge is 0.468 e. The van der Waals surface area contributed by atoms with Gasteiger partial charge in [0.2, 0.25) is 0 Å². The van der Waals surface area contributed by atoms with Crippen molar-refractivity contribution in [3.8, 4) is 0 Å². The summed E-state index contributed by atoms with van der Waals surface area (Å²) in [5.74, 6) is 0.547. The molecule has 1 rings (SSSR count). The highest BCUT2D eigenvalue weighted by molar-refractivity contribution is 5.80. The second-order valence-electron chi connectivity index (χ2n) is 6.78. The van der Waals surface area contributed by atoms with Gasteiger partial charge >= 0.3 is 5.97 Å². The molecule has 0 bridgehead atoms. The fourth-order valence-corrected chi connectivity index (χ4v) is 2.80. The normalized spacial score (nSPS) is 20.0. The van der Waals surface area contributed by atoms with E-state index in [1.807, 2.05) is 14.0 Å². The molecule has 0 radical (unpaired) electrons. The molecule has 1 aliphatic carbocycles. The zero-order valence-electron chi connectivity index (χ0n) is 14.0. The molecule has 1 N–H and O–H groups in total. The number of methoxy groups -OCH3 is 1.